The molecule has 0 atom stereocenters. The number of nitrogens with one attached hydrogen (secondary N) is 2. The van der Waals surface area contributed by atoms with Crippen molar-refractivity contribution in [1.82, 2.24) is 15.6 Å². The predicted octanol–water partition coefficient (Wildman–Crippen LogP) is 2.31. The van der Waals surface area contributed by atoms with Gasteiger partial charge in [0, 0.05) is 24.7 Å². The highest BCUT2D eigenvalue weighted by molar-refractivity contribution is 7.11. The summed E-state index contributed by atoms with van der Waals surface area (Å²) in [5.41, 5.74) is 0. The van der Waals surface area contributed by atoms with Crippen LogP contribution < -0.4 is 10.6 Å². The molecule has 0 aliphatic rings. The van der Waals surface area contributed by atoms with E-state index >= 15 is 0 Å². The maximum atomic E-state index is 4.23. The molecule has 0 saturated carbocycles. The third-order valence-corrected chi connectivity index (χ3v) is 3.31. The standard InChI is InChI=1S/C12H22N4S/c1-4-5-6-7-14-12(13-3)16-9-11-8-15-10(2)17-11/h8H,4-7,9H2,1-3H3,(H2,13,14,16). The van der Waals surface area contributed by atoms with Crippen LogP contribution >= 0.6 is 11.3 Å². The largest absolute Gasteiger partial charge is 0.356 e. The molecule has 17 heavy (non-hydrogen) atoms. The van der Waals surface area contributed by atoms with Crippen LogP contribution in [0.1, 0.15) is 36.1 Å². The molecular formula is C12H22N4S. The molecule has 0 aliphatic heterocycles. The van der Waals surface area contributed by atoms with Crippen molar-refractivity contribution in [3.8, 4) is 0 Å². The maximum Gasteiger partial charge on any atom is 0.191 e. The van der Waals surface area contributed by atoms with Crippen LogP contribution in [0.5, 0.6) is 0 Å². The first kappa shape index (κ1) is 14.0. The van der Waals surface area contributed by atoms with E-state index in [0.717, 1.165) is 24.1 Å². The van der Waals surface area contributed by atoms with Crippen molar-refractivity contribution in [2.75, 3.05) is 13.6 Å². The number of rotatable bonds is 6. The molecule has 5 heteroatoms. The summed E-state index contributed by atoms with van der Waals surface area (Å²) in [6, 6.07) is 0. The second-order valence-electron chi connectivity index (χ2n) is 3.91. The van der Waals surface area contributed by atoms with E-state index in [1.54, 1.807) is 18.4 Å². The lowest BCUT2D eigenvalue weighted by molar-refractivity contribution is 0.683. The number of aryl methyl sites for hydroxylation is 1. The highest BCUT2D eigenvalue weighted by atomic mass is 32.1. The monoisotopic (exact) mass is 254 g/mol. The Morgan fingerprint density at radius 3 is 2.82 bits per heavy atom. The summed E-state index contributed by atoms with van der Waals surface area (Å²) in [5, 5.41) is 7.69. The molecule has 0 unspecified atom stereocenters. The SMILES string of the molecule is CCCCCNC(=NC)NCc1cnc(C)s1. The zero-order valence-electron chi connectivity index (χ0n) is 10.9. The molecule has 1 heterocycles. The third kappa shape index (κ3) is 5.68. The van der Waals surface area contributed by atoms with E-state index in [-0.39, 0.29) is 0 Å². The van der Waals surface area contributed by atoms with E-state index in [1.807, 2.05) is 13.1 Å². The van der Waals surface area contributed by atoms with Gasteiger partial charge in [0.2, 0.25) is 0 Å². The zero-order chi connectivity index (χ0) is 12.5. The Bertz CT molecular complexity index is 346. The first-order chi connectivity index (χ1) is 8.26. The summed E-state index contributed by atoms with van der Waals surface area (Å²) in [4.78, 5) is 9.65. The quantitative estimate of drug-likeness (QED) is 0.465. The summed E-state index contributed by atoms with van der Waals surface area (Å²) in [6.07, 6.45) is 5.61. The third-order valence-electron chi connectivity index (χ3n) is 2.40. The number of hydrogen-bond donors (Lipinski definition) is 2. The topological polar surface area (TPSA) is 49.3 Å². The summed E-state index contributed by atoms with van der Waals surface area (Å²) in [5.74, 6) is 0.868. The Hall–Kier alpha value is -1.10. The second-order valence-corrected chi connectivity index (χ2v) is 5.22. The van der Waals surface area contributed by atoms with Crippen LogP contribution in [0.15, 0.2) is 11.2 Å². The maximum absolute atomic E-state index is 4.23. The van der Waals surface area contributed by atoms with Crippen LogP contribution in [0.2, 0.25) is 0 Å². The molecule has 0 fully saturated rings. The van der Waals surface area contributed by atoms with Gasteiger partial charge in [0.05, 0.1) is 11.6 Å². The minimum absolute atomic E-state index is 0.791. The van der Waals surface area contributed by atoms with Gasteiger partial charge >= 0.3 is 0 Å². The summed E-state index contributed by atoms with van der Waals surface area (Å²) in [7, 11) is 1.80. The number of aliphatic imine (C=N–C) groups is 1. The van der Waals surface area contributed by atoms with Gasteiger partial charge in [-0.05, 0) is 13.3 Å². The normalized spacial score (nSPS) is 11.6. The summed E-state index contributed by atoms with van der Waals surface area (Å²) < 4.78 is 0. The Labute approximate surface area is 108 Å². The molecule has 96 valence electrons. The smallest absolute Gasteiger partial charge is 0.191 e. The van der Waals surface area contributed by atoms with Gasteiger partial charge in [-0.25, -0.2) is 4.98 Å². The molecule has 1 aromatic rings. The first-order valence-corrected chi connectivity index (χ1v) is 6.93. The van der Waals surface area contributed by atoms with E-state index in [9.17, 15) is 0 Å². The molecule has 0 bridgehead atoms. The Morgan fingerprint density at radius 2 is 2.24 bits per heavy atom. The molecule has 0 spiro atoms. The average molecular weight is 254 g/mol. The fraction of sp³-hybridized carbons (Fsp3) is 0.667. The van der Waals surface area contributed by atoms with Gasteiger partial charge < -0.3 is 10.6 Å². The molecule has 0 aliphatic carbocycles. The van der Waals surface area contributed by atoms with Gasteiger partial charge in [-0.3, -0.25) is 4.99 Å². The molecule has 0 radical (unpaired) electrons. The van der Waals surface area contributed by atoms with Gasteiger partial charge in [0.1, 0.15) is 0 Å². The highest BCUT2D eigenvalue weighted by Crippen LogP contribution is 2.10. The van der Waals surface area contributed by atoms with E-state index in [4.69, 9.17) is 0 Å². The number of nitrogens with zero attached hydrogens (tertiary/aromatic N) is 2. The minimum Gasteiger partial charge on any atom is -0.356 e. The van der Waals surface area contributed by atoms with Crippen LogP contribution in [0.3, 0.4) is 0 Å². The zero-order valence-corrected chi connectivity index (χ0v) is 11.7. The Morgan fingerprint density at radius 1 is 1.41 bits per heavy atom. The summed E-state index contributed by atoms with van der Waals surface area (Å²) >= 11 is 1.72. The van der Waals surface area contributed by atoms with Crippen LogP contribution in [0.4, 0.5) is 0 Å². The van der Waals surface area contributed by atoms with E-state index in [2.05, 4.69) is 27.5 Å². The molecule has 0 saturated heterocycles. The molecule has 1 rings (SSSR count). The van der Waals surface area contributed by atoms with Crippen molar-refractivity contribution in [3.63, 3.8) is 0 Å². The average Bonchev–Trinajstić information content (AvgIpc) is 2.74. The first-order valence-electron chi connectivity index (χ1n) is 6.12. The van der Waals surface area contributed by atoms with Crippen molar-refractivity contribution in [1.29, 1.82) is 0 Å². The van der Waals surface area contributed by atoms with Crippen LogP contribution in [-0.4, -0.2) is 24.5 Å². The molecule has 0 amide bonds. The number of thiazole rings is 1. The lowest BCUT2D eigenvalue weighted by atomic mass is 10.2. The van der Waals surface area contributed by atoms with Crippen molar-refractivity contribution in [3.05, 3.63) is 16.1 Å². The molecule has 2 N–H and O–H groups in total. The molecule has 4 nitrogen and oxygen atoms in total. The molecular weight excluding hydrogens is 232 g/mol. The number of aromatic nitrogens is 1. The van der Waals surface area contributed by atoms with Crippen molar-refractivity contribution < 1.29 is 0 Å². The van der Waals surface area contributed by atoms with E-state index in [0.29, 0.717) is 0 Å². The minimum atomic E-state index is 0.791. The highest BCUT2D eigenvalue weighted by Gasteiger charge is 2.00. The van der Waals surface area contributed by atoms with Gasteiger partial charge in [-0.2, -0.15) is 0 Å². The van der Waals surface area contributed by atoms with Crippen molar-refractivity contribution in [2.45, 2.75) is 39.7 Å². The van der Waals surface area contributed by atoms with E-state index in [1.165, 1.54) is 24.1 Å². The lowest BCUT2D eigenvalue weighted by Gasteiger charge is -2.10. The van der Waals surface area contributed by atoms with E-state index < -0.39 is 0 Å². The summed E-state index contributed by atoms with van der Waals surface area (Å²) in [6.45, 7) is 6.00. The second kappa shape index (κ2) is 8.06. The Balaban J connectivity index is 2.23. The van der Waals surface area contributed by atoms with Crippen LogP contribution in [0.25, 0.3) is 0 Å². The number of hydrogen-bond acceptors (Lipinski definition) is 3. The van der Waals surface area contributed by atoms with Crippen molar-refractivity contribution in [2.24, 2.45) is 4.99 Å². The van der Waals surface area contributed by atoms with Gasteiger partial charge in [0.25, 0.3) is 0 Å². The van der Waals surface area contributed by atoms with Gasteiger partial charge in [0.15, 0.2) is 5.96 Å². The lowest BCUT2D eigenvalue weighted by Crippen LogP contribution is -2.37. The molecule has 1 aromatic heterocycles. The van der Waals surface area contributed by atoms with Crippen LogP contribution in [0, 0.1) is 6.92 Å². The van der Waals surface area contributed by atoms with Crippen molar-refractivity contribution >= 4 is 17.3 Å². The molecule has 0 aromatic carbocycles. The van der Waals surface area contributed by atoms with Gasteiger partial charge in [-0.15, -0.1) is 11.3 Å². The number of guanidine groups is 1. The van der Waals surface area contributed by atoms with Gasteiger partial charge in [-0.1, -0.05) is 19.8 Å². The number of unbranched alkanes of at least 4 members (excludes halogenated alkanes) is 2. The fourth-order valence-corrected chi connectivity index (χ4v) is 2.19. The fourth-order valence-electron chi connectivity index (χ4n) is 1.46. The van der Waals surface area contributed by atoms with Crippen LogP contribution in [-0.2, 0) is 6.54 Å². The predicted molar refractivity (Wildman–Crippen MR) is 74.6 cm³/mol. The Kier molecular flexibility index (Phi) is 6.62.